The number of nitriles is 1. The zero-order valence-corrected chi connectivity index (χ0v) is 11.3. The molecule has 0 radical (unpaired) electrons. The predicted octanol–water partition coefficient (Wildman–Crippen LogP) is 2.82. The Morgan fingerprint density at radius 1 is 1.50 bits per heavy atom. The Kier molecular flexibility index (Phi) is 4.99. The Morgan fingerprint density at radius 3 is 2.72 bits per heavy atom. The maximum atomic E-state index is 11.4. The monoisotopic (exact) mass is 266 g/mol. The molecule has 1 N–H and O–H groups in total. The number of benzene rings is 1. The largest absolute Gasteiger partial charge is 0.469 e. The van der Waals surface area contributed by atoms with Crippen LogP contribution >= 0.6 is 11.6 Å². The highest BCUT2D eigenvalue weighted by atomic mass is 35.5. The van der Waals surface area contributed by atoms with Crippen LogP contribution in [0.25, 0.3) is 0 Å². The predicted molar refractivity (Wildman–Crippen MR) is 70.4 cm³/mol. The first-order chi connectivity index (χ1) is 8.49. The Labute approximate surface area is 112 Å². The molecule has 1 aromatic rings. The van der Waals surface area contributed by atoms with Crippen molar-refractivity contribution in [2.75, 3.05) is 12.4 Å². The van der Waals surface area contributed by atoms with Crippen molar-refractivity contribution in [3.8, 4) is 6.07 Å². The third-order valence-electron chi connectivity index (χ3n) is 2.80. The molecule has 0 fully saturated rings. The van der Waals surface area contributed by atoms with Crippen LogP contribution in [-0.4, -0.2) is 19.1 Å². The summed E-state index contributed by atoms with van der Waals surface area (Å²) in [5.41, 5.74) is 1.15. The van der Waals surface area contributed by atoms with E-state index in [0.29, 0.717) is 16.3 Å². The number of nitrogens with zero attached hydrogens (tertiary/aromatic N) is 1. The lowest BCUT2D eigenvalue weighted by atomic mass is 10.0. The minimum atomic E-state index is -0.309. The molecular weight excluding hydrogens is 252 g/mol. The lowest BCUT2D eigenvalue weighted by molar-refractivity contribution is -0.145. The van der Waals surface area contributed by atoms with Gasteiger partial charge in [-0.1, -0.05) is 11.6 Å². The van der Waals surface area contributed by atoms with Crippen molar-refractivity contribution in [1.82, 2.24) is 0 Å². The van der Waals surface area contributed by atoms with Crippen LogP contribution in [-0.2, 0) is 9.53 Å². The second kappa shape index (κ2) is 6.27. The van der Waals surface area contributed by atoms with E-state index in [1.807, 2.05) is 13.0 Å². The quantitative estimate of drug-likeness (QED) is 0.851. The van der Waals surface area contributed by atoms with Crippen LogP contribution in [0.15, 0.2) is 18.2 Å². The standard InChI is InChI=1S/C13H15ClN2O2/c1-8(13(17)18-3)9(2)16-12-6-10(7-15)4-5-11(12)14/h4-6,8-9,16H,1-3H3. The van der Waals surface area contributed by atoms with Gasteiger partial charge in [0, 0.05) is 6.04 Å². The van der Waals surface area contributed by atoms with Gasteiger partial charge in [-0.15, -0.1) is 0 Å². The lowest BCUT2D eigenvalue weighted by Gasteiger charge is -2.21. The molecule has 18 heavy (non-hydrogen) atoms. The molecule has 2 atom stereocenters. The van der Waals surface area contributed by atoms with Crippen molar-refractivity contribution in [2.24, 2.45) is 5.92 Å². The highest BCUT2D eigenvalue weighted by Crippen LogP contribution is 2.24. The van der Waals surface area contributed by atoms with Crippen LogP contribution in [0.2, 0.25) is 5.02 Å². The van der Waals surface area contributed by atoms with Crippen molar-refractivity contribution in [1.29, 1.82) is 5.26 Å². The molecule has 0 aromatic heterocycles. The molecule has 2 unspecified atom stereocenters. The maximum Gasteiger partial charge on any atom is 0.310 e. The summed E-state index contributed by atoms with van der Waals surface area (Å²) in [6.45, 7) is 3.63. The van der Waals surface area contributed by atoms with E-state index >= 15 is 0 Å². The Morgan fingerprint density at radius 2 is 2.17 bits per heavy atom. The van der Waals surface area contributed by atoms with E-state index in [-0.39, 0.29) is 17.9 Å². The first-order valence-electron chi connectivity index (χ1n) is 5.53. The van der Waals surface area contributed by atoms with Crippen molar-refractivity contribution in [3.63, 3.8) is 0 Å². The topological polar surface area (TPSA) is 62.1 Å². The van der Waals surface area contributed by atoms with Gasteiger partial charge >= 0.3 is 5.97 Å². The number of methoxy groups -OCH3 is 1. The summed E-state index contributed by atoms with van der Waals surface area (Å²) >= 11 is 6.03. The fourth-order valence-electron chi connectivity index (χ4n) is 1.47. The summed E-state index contributed by atoms with van der Waals surface area (Å²) in [5.74, 6) is -0.598. The summed E-state index contributed by atoms with van der Waals surface area (Å²) < 4.78 is 4.68. The number of esters is 1. The normalized spacial score (nSPS) is 13.3. The van der Waals surface area contributed by atoms with E-state index in [1.165, 1.54) is 7.11 Å². The van der Waals surface area contributed by atoms with Crippen LogP contribution in [0.1, 0.15) is 19.4 Å². The number of anilines is 1. The molecule has 0 saturated carbocycles. The van der Waals surface area contributed by atoms with E-state index in [0.717, 1.165) is 0 Å². The molecule has 96 valence electrons. The van der Waals surface area contributed by atoms with Gasteiger partial charge in [-0.2, -0.15) is 5.26 Å². The van der Waals surface area contributed by atoms with Crippen molar-refractivity contribution in [2.45, 2.75) is 19.9 Å². The first kappa shape index (κ1) is 14.3. The molecule has 4 nitrogen and oxygen atoms in total. The summed E-state index contributed by atoms with van der Waals surface area (Å²) in [6, 6.07) is 6.84. The number of hydrogen-bond donors (Lipinski definition) is 1. The van der Waals surface area contributed by atoms with Gasteiger partial charge in [0.1, 0.15) is 0 Å². The van der Waals surface area contributed by atoms with Gasteiger partial charge in [0.25, 0.3) is 0 Å². The molecule has 0 aliphatic heterocycles. The molecule has 0 bridgehead atoms. The first-order valence-corrected chi connectivity index (χ1v) is 5.91. The Balaban J connectivity index is 2.84. The Hall–Kier alpha value is -1.73. The summed E-state index contributed by atoms with van der Waals surface area (Å²) in [7, 11) is 1.36. The third kappa shape index (κ3) is 3.38. The number of hydrogen-bond acceptors (Lipinski definition) is 4. The smallest absolute Gasteiger partial charge is 0.310 e. The average molecular weight is 267 g/mol. The molecule has 0 aliphatic carbocycles. The van der Waals surface area contributed by atoms with Crippen molar-refractivity contribution < 1.29 is 9.53 Å². The molecule has 0 amide bonds. The lowest BCUT2D eigenvalue weighted by Crippen LogP contribution is -2.30. The zero-order valence-electron chi connectivity index (χ0n) is 10.5. The van der Waals surface area contributed by atoms with Crippen LogP contribution in [0.5, 0.6) is 0 Å². The summed E-state index contributed by atoms with van der Waals surface area (Å²) in [4.78, 5) is 11.4. The van der Waals surface area contributed by atoms with E-state index in [2.05, 4.69) is 10.1 Å². The number of carbonyl (C=O) groups is 1. The van der Waals surface area contributed by atoms with Gasteiger partial charge in [-0.25, -0.2) is 0 Å². The van der Waals surface area contributed by atoms with Crippen LogP contribution in [0, 0.1) is 17.2 Å². The molecule has 0 spiro atoms. The summed E-state index contributed by atoms with van der Waals surface area (Å²) in [5, 5.41) is 12.5. The van der Waals surface area contributed by atoms with Crippen LogP contribution in [0.4, 0.5) is 5.69 Å². The molecule has 0 aliphatic rings. The highest BCUT2D eigenvalue weighted by Gasteiger charge is 2.21. The van der Waals surface area contributed by atoms with Gasteiger partial charge < -0.3 is 10.1 Å². The van der Waals surface area contributed by atoms with E-state index in [4.69, 9.17) is 16.9 Å². The van der Waals surface area contributed by atoms with Crippen LogP contribution < -0.4 is 5.32 Å². The van der Waals surface area contributed by atoms with E-state index < -0.39 is 0 Å². The molecule has 0 saturated heterocycles. The molecule has 1 rings (SSSR count). The van der Waals surface area contributed by atoms with Gasteiger partial charge in [0.05, 0.1) is 35.4 Å². The van der Waals surface area contributed by atoms with E-state index in [9.17, 15) is 4.79 Å². The fraction of sp³-hybridized carbons (Fsp3) is 0.385. The molecule has 1 aromatic carbocycles. The number of carbonyl (C=O) groups excluding carboxylic acids is 1. The number of rotatable bonds is 4. The zero-order chi connectivity index (χ0) is 13.7. The molecule has 5 heteroatoms. The highest BCUT2D eigenvalue weighted by molar-refractivity contribution is 6.33. The number of nitrogens with one attached hydrogen (secondary N) is 1. The second-order valence-electron chi connectivity index (χ2n) is 4.05. The second-order valence-corrected chi connectivity index (χ2v) is 4.46. The fourth-order valence-corrected chi connectivity index (χ4v) is 1.64. The van der Waals surface area contributed by atoms with Gasteiger partial charge in [0.15, 0.2) is 0 Å². The minimum absolute atomic E-state index is 0.149. The minimum Gasteiger partial charge on any atom is -0.469 e. The van der Waals surface area contributed by atoms with E-state index in [1.54, 1.807) is 25.1 Å². The molecular formula is C13H15ClN2O2. The van der Waals surface area contributed by atoms with Crippen molar-refractivity contribution >= 4 is 23.3 Å². The van der Waals surface area contributed by atoms with Crippen LogP contribution in [0.3, 0.4) is 0 Å². The van der Waals surface area contributed by atoms with Gasteiger partial charge in [0.2, 0.25) is 0 Å². The number of ether oxygens (including phenoxy) is 1. The number of halogens is 1. The Bertz CT molecular complexity index is 482. The van der Waals surface area contributed by atoms with Gasteiger partial charge in [-0.05, 0) is 32.0 Å². The van der Waals surface area contributed by atoms with Gasteiger partial charge in [-0.3, -0.25) is 4.79 Å². The van der Waals surface area contributed by atoms with Crippen molar-refractivity contribution in [3.05, 3.63) is 28.8 Å². The summed E-state index contributed by atoms with van der Waals surface area (Å²) in [6.07, 6.45) is 0. The average Bonchev–Trinajstić information content (AvgIpc) is 2.39. The third-order valence-corrected chi connectivity index (χ3v) is 3.13. The SMILES string of the molecule is COC(=O)C(C)C(C)Nc1cc(C#N)ccc1Cl. The molecule has 0 heterocycles. The maximum absolute atomic E-state index is 11.4.